The van der Waals surface area contributed by atoms with Crippen LogP contribution in [-0.2, 0) is 11.3 Å². The molecule has 5 nitrogen and oxygen atoms in total. The van der Waals surface area contributed by atoms with Crippen molar-refractivity contribution in [2.45, 2.75) is 26.4 Å². The van der Waals surface area contributed by atoms with Gasteiger partial charge in [0.15, 0.2) is 5.96 Å². The van der Waals surface area contributed by atoms with Crippen LogP contribution in [0.4, 0.5) is 5.69 Å². The topological polar surface area (TPSA) is 65.5 Å². The fourth-order valence-electron chi connectivity index (χ4n) is 1.75. The Morgan fingerprint density at radius 1 is 1.42 bits per heavy atom. The number of hydrogen-bond acceptors (Lipinski definition) is 4. The molecule has 0 bridgehead atoms. The van der Waals surface area contributed by atoms with Gasteiger partial charge in [0, 0.05) is 25.2 Å². The van der Waals surface area contributed by atoms with Crippen LogP contribution in [0.3, 0.4) is 0 Å². The van der Waals surface area contributed by atoms with Crippen molar-refractivity contribution in [2.24, 2.45) is 4.99 Å². The summed E-state index contributed by atoms with van der Waals surface area (Å²) in [7, 11) is 0. The number of halogens is 1. The summed E-state index contributed by atoms with van der Waals surface area (Å²) in [5.74, 6) is 0.799. The lowest BCUT2D eigenvalue weighted by molar-refractivity contribution is -0.114. The van der Waals surface area contributed by atoms with E-state index in [0.717, 1.165) is 30.3 Å². The first-order valence-electron chi connectivity index (χ1n) is 6.05. The highest BCUT2D eigenvalue weighted by atomic mass is 127. The Balaban J connectivity index is 0.00000180. The van der Waals surface area contributed by atoms with Crippen molar-refractivity contribution in [2.75, 3.05) is 11.9 Å². The summed E-state index contributed by atoms with van der Waals surface area (Å²) < 4.78 is 0. The van der Waals surface area contributed by atoms with Crippen LogP contribution in [0.15, 0.2) is 29.3 Å². The summed E-state index contributed by atoms with van der Waals surface area (Å²) in [5.41, 5.74) is 1.96. The molecule has 1 aliphatic heterocycles. The second-order valence-corrected chi connectivity index (χ2v) is 4.47. The fourth-order valence-corrected chi connectivity index (χ4v) is 1.75. The number of carbonyl (C=O) groups excluding carboxylic acids is 1. The van der Waals surface area contributed by atoms with Gasteiger partial charge in [-0.25, -0.2) is 0 Å². The zero-order chi connectivity index (χ0) is 13.0. The Bertz CT molecular complexity index is 458. The summed E-state index contributed by atoms with van der Waals surface area (Å²) >= 11 is 0. The molecule has 0 radical (unpaired) electrons. The SMILES string of the molecule is CC(=O)Nc1ccc(CNC2=NCC(C)N2)cc1.I. The number of rotatable bonds is 3. The molecule has 6 heteroatoms. The predicted molar refractivity (Wildman–Crippen MR) is 87.9 cm³/mol. The highest BCUT2D eigenvalue weighted by Gasteiger charge is 2.11. The molecule has 0 aromatic heterocycles. The van der Waals surface area contributed by atoms with Gasteiger partial charge < -0.3 is 16.0 Å². The molecule has 1 heterocycles. The van der Waals surface area contributed by atoms with Crippen LogP contribution in [0.25, 0.3) is 0 Å². The molecule has 1 aromatic rings. The van der Waals surface area contributed by atoms with E-state index in [2.05, 4.69) is 27.9 Å². The minimum Gasteiger partial charge on any atom is -0.352 e. The molecular formula is C13H19IN4O. The summed E-state index contributed by atoms with van der Waals surface area (Å²) in [4.78, 5) is 15.2. The Morgan fingerprint density at radius 3 is 2.63 bits per heavy atom. The van der Waals surface area contributed by atoms with Crippen LogP contribution in [0.2, 0.25) is 0 Å². The first kappa shape index (κ1) is 15.7. The van der Waals surface area contributed by atoms with Crippen LogP contribution < -0.4 is 16.0 Å². The van der Waals surface area contributed by atoms with Crippen molar-refractivity contribution in [3.05, 3.63) is 29.8 Å². The molecule has 3 N–H and O–H groups in total. The number of aliphatic imine (C=N–C) groups is 1. The van der Waals surface area contributed by atoms with Crippen molar-refractivity contribution in [1.29, 1.82) is 0 Å². The molecule has 1 atom stereocenters. The average Bonchev–Trinajstić information content (AvgIpc) is 2.74. The van der Waals surface area contributed by atoms with Crippen LogP contribution in [0, 0.1) is 0 Å². The van der Waals surface area contributed by atoms with Crippen molar-refractivity contribution >= 4 is 41.5 Å². The van der Waals surface area contributed by atoms with Gasteiger partial charge in [0.1, 0.15) is 0 Å². The van der Waals surface area contributed by atoms with E-state index in [1.54, 1.807) is 0 Å². The first-order chi connectivity index (χ1) is 8.63. The van der Waals surface area contributed by atoms with Crippen molar-refractivity contribution < 1.29 is 4.79 Å². The van der Waals surface area contributed by atoms with E-state index < -0.39 is 0 Å². The van der Waals surface area contributed by atoms with Crippen LogP contribution in [0.5, 0.6) is 0 Å². The Morgan fingerprint density at radius 2 is 2.11 bits per heavy atom. The number of amides is 1. The molecule has 1 aliphatic rings. The lowest BCUT2D eigenvalue weighted by Crippen LogP contribution is -2.37. The zero-order valence-electron chi connectivity index (χ0n) is 11.1. The minimum absolute atomic E-state index is 0. The number of benzene rings is 1. The summed E-state index contributed by atoms with van der Waals surface area (Å²) in [5, 5.41) is 9.22. The average molecular weight is 374 g/mol. The van der Waals surface area contributed by atoms with Crippen molar-refractivity contribution in [1.82, 2.24) is 10.6 Å². The van der Waals surface area contributed by atoms with Gasteiger partial charge in [-0.15, -0.1) is 24.0 Å². The predicted octanol–water partition coefficient (Wildman–Crippen LogP) is 1.70. The molecule has 0 fully saturated rings. The first-order valence-corrected chi connectivity index (χ1v) is 6.05. The number of anilines is 1. The number of carbonyl (C=O) groups is 1. The molecule has 0 saturated heterocycles. The Hall–Kier alpha value is -1.31. The fraction of sp³-hybridized carbons (Fsp3) is 0.385. The van der Waals surface area contributed by atoms with Crippen molar-refractivity contribution in [3.8, 4) is 0 Å². The van der Waals surface area contributed by atoms with Gasteiger partial charge in [-0.3, -0.25) is 9.79 Å². The number of guanidine groups is 1. The molecule has 104 valence electrons. The molecule has 0 aliphatic carbocycles. The third-order valence-corrected chi connectivity index (χ3v) is 2.64. The minimum atomic E-state index is -0.0561. The van der Waals surface area contributed by atoms with E-state index in [1.165, 1.54) is 6.92 Å². The summed E-state index contributed by atoms with van der Waals surface area (Å²) in [6.07, 6.45) is 0. The van der Waals surface area contributed by atoms with Gasteiger partial charge in [-0.05, 0) is 24.6 Å². The lowest BCUT2D eigenvalue weighted by atomic mass is 10.2. The van der Waals surface area contributed by atoms with E-state index in [4.69, 9.17) is 0 Å². The third-order valence-electron chi connectivity index (χ3n) is 2.64. The molecule has 1 unspecified atom stereocenters. The Labute approximate surface area is 130 Å². The van der Waals surface area contributed by atoms with E-state index in [1.807, 2.05) is 24.3 Å². The number of nitrogens with zero attached hydrogens (tertiary/aromatic N) is 1. The quantitative estimate of drug-likeness (QED) is 0.706. The van der Waals surface area contributed by atoms with Crippen LogP contribution in [-0.4, -0.2) is 24.5 Å². The second-order valence-electron chi connectivity index (χ2n) is 4.47. The van der Waals surface area contributed by atoms with Crippen LogP contribution in [0.1, 0.15) is 19.4 Å². The molecule has 1 amide bonds. The van der Waals surface area contributed by atoms with E-state index in [9.17, 15) is 4.79 Å². The molecular weight excluding hydrogens is 355 g/mol. The maximum absolute atomic E-state index is 10.9. The zero-order valence-corrected chi connectivity index (χ0v) is 13.4. The van der Waals surface area contributed by atoms with E-state index in [0.29, 0.717) is 6.04 Å². The van der Waals surface area contributed by atoms with Gasteiger partial charge in [0.2, 0.25) is 5.91 Å². The van der Waals surface area contributed by atoms with Crippen LogP contribution >= 0.6 is 24.0 Å². The Kier molecular flexibility index (Phi) is 6.07. The highest BCUT2D eigenvalue weighted by molar-refractivity contribution is 14.0. The van der Waals surface area contributed by atoms with Crippen molar-refractivity contribution in [3.63, 3.8) is 0 Å². The largest absolute Gasteiger partial charge is 0.352 e. The van der Waals surface area contributed by atoms with Gasteiger partial charge in [0.25, 0.3) is 0 Å². The van der Waals surface area contributed by atoms with Gasteiger partial charge in [-0.2, -0.15) is 0 Å². The summed E-state index contributed by atoms with van der Waals surface area (Å²) in [6.45, 7) is 5.14. The highest BCUT2D eigenvalue weighted by Crippen LogP contribution is 2.09. The normalized spacial score (nSPS) is 16.9. The van der Waals surface area contributed by atoms with E-state index in [-0.39, 0.29) is 29.9 Å². The monoisotopic (exact) mass is 374 g/mol. The smallest absolute Gasteiger partial charge is 0.221 e. The molecule has 2 rings (SSSR count). The van der Waals surface area contributed by atoms with E-state index >= 15 is 0 Å². The molecule has 0 spiro atoms. The van der Waals surface area contributed by atoms with Gasteiger partial charge in [-0.1, -0.05) is 12.1 Å². The van der Waals surface area contributed by atoms with Gasteiger partial charge >= 0.3 is 0 Å². The maximum Gasteiger partial charge on any atom is 0.221 e. The third kappa shape index (κ3) is 5.06. The molecule has 0 saturated carbocycles. The lowest BCUT2D eigenvalue weighted by Gasteiger charge is -2.09. The summed E-state index contributed by atoms with van der Waals surface area (Å²) in [6, 6.07) is 8.17. The standard InChI is InChI=1S/C13H18N4O.HI/c1-9-7-14-13(16-9)15-8-11-3-5-12(6-4-11)17-10(2)18;/h3-6,9H,7-8H2,1-2H3,(H,17,18)(H2,14,15,16);1H. The number of hydrogen-bond donors (Lipinski definition) is 3. The van der Waals surface area contributed by atoms with Gasteiger partial charge in [0.05, 0.1) is 6.54 Å². The molecule has 19 heavy (non-hydrogen) atoms. The molecule has 1 aromatic carbocycles. The number of nitrogens with one attached hydrogen (secondary N) is 3. The second kappa shape index (κ2) is 7.32. The maximum atomic E-state index is 10.9.